The van der Waals surface area contributed by atoms with E-state index in [4.69, 9.17) is 0 Å². The Bertz CT molecular complexity index is 861. The zero-order chi connectivity index (χ0) is 22.1. The molecule has 2 aromatic rings. The van der Waals surface area contributed by atoms with E-state index in [1.807, 2.05) is 48.5 Å². The smallest absolute Gasteiger partial charge is 0.253 e. The summed E-state index contributed by atoms with van der Waals surface area (Å²) < 4.78 is 0. The molecule has 6 nitrogen and oxygen atoms in total. The highest BCUT2D eigenvalue weighted by Crippen LogP contribution is 2.27. The molecule has 0 aliphatic carbocycles. The maximum atomic E-state index is 13.0. The predicted molar refractivity (Wildman–Crippen MR) is 126 cm³/mol. The maximum absolute atomic E-state index is 13.0. The van der Waals surface area contributed by atoms with Crippen molar-refractivity contribution < 1.29 is 14.5 Å². The zero-order valence-corrected chi connectivity index (χ0v) is 18.7. The number of amides is 2. The van der Waals surface area contributed by atoms with Crippen molar-refractivity contribution in [3.63, 3.8) is 0 Å². The number of anilines is 2. The van der Waals surface area contributed by atoms with Gasteiger partial charge in [-0.05, 0) is 43.0 Å². The minimum atomic E-state index is -0.0731. The van der Waals surface area contributed by atoms with E-state index in [1.54, 1.807) is 0 Å². The molecule has 6 heteroatoms. The van der Waals surface area contributed by atoms with Crippen molar-refractivity contribution in [3.8, 4) is 0 Å². The molecule has 0 unspecified atom stereocenters. The first-order chi connectivity index (χ1) is 15.0. The summed E-state index contributed by atoms with van der Waals surface area (Å²) in [6.07, 6.45) is 4.32. The first kappa shape index (κ1) is 22.8. The van der Waals surface area contributed by atoms with Crippen molar-refractivity contribution in [2.75, 3.05) is 50.5 Å². The van der Waals surface area contributed by atoms with Crippen LogP contribution < -0.4 is 20.4 Å². The van der Waals surface area contributed by atoms with Gasteiger partial charge in [-0.1, -0.05) is 30.3 Å². The van der Waals surface area contributed by atoms with Crippen LogP contribution in [0.25, 0.3) is 0 Å². The van der Waals surface area contributed by atoms with Gasteiger partial charge in [0.25, 0.3) is 5.91 Å². The number of carbonyl (C=O) groups excluding carboxylic acids is 2. The molecule has 0 bridgehead atoms. The van der Waals surface area contributed by atoms with Gasteiger partial charge in [-0.15, -0.1) is 0 Å². The Balaban J connectivity index is 1.65. The lowest BCUT2D eigenvalue weighted by Gasteiger charge is -2.22. The molecule has 3 N–H and O–H groups in total. The van der Waals surface area contributed by atoms with E-state index < -0.39 is 0 Å². The first-order valence-corrected chi connectivity index (χ1v) is 11.3. The fourth-order valence-electron chi connectivity index (χ4n) is 3.89. The van der Waals surface area contributed by atoms with E-state index >= 15 is 0 Å². The maximum Gasteiger partial charge on any atom is 0.253 e. The SMILES string of the molecule is C[NH+](C)CCCNC(=O)c1cc(NC(=O)CCc2ccccc2)ccc1N1CCCC1. The van der Waals surface area contributed by atoms with Gasteiger partial charge in [0.2, 0.25) is 5.91 Å². The minimum Gasteiger partial charge on any atom is -0.371 e. The summed E-state index contributed by atoms with van der Waals surface area (Å²) in [5.74, 6) is -0.117. The molecule has 3 rings (SSSR count). The molecule has 2 amide bonds. The van der Waals surface area contributed by atoms with Crippen LogP contribution in [0.1, 0.15) is 41.6 Å². The van der Waals surface area contributed by atoms with Crippen LogP contribution in [0.4, 0.5) is 11.4 Å². The Morgan fingerprint density at radius 2 is 1.77 bits per heavy atom. The quantitative estimate of drug-likeness (QED) is 0.513. The Morgan fingerprint density at radius 1 is 1.03 bits per heavy atom. The molecule has 31 heavy (non-hydrogen) atoms. The fraction of sp³-hybridized carbons (Fsp3) is 0.440. The van der Waals surface area contributed by atoms with Gasteiger partial charge in [0.15, 0.2) is 0 Å². The summed E-state index contributed by atoms with van der Waals surface area (Å²) in [5, 5.41) is 6.02. The van der Waals surface area contributed by atoms with Crippen molar-refractivity contribution in [1.29, 1.82) is 0 Å². The third-order valence-corrected chi connectivity index (χ3v) is 5.59. The average Bonchev–Trinajstić information content (AvgIpc) is 3.30. The van der Waals surface area contributed by atoms with Gasteiger partial charge in [-0.3, -0.25) is 9.59 Å². The third kappa shape index (κ3) is 7.10. The van der Waals surface area contributed by atoms with Crippen molar-refractivity contribution >= 4 is 23.2 Å². The van der Waals surface area contributed by atoms with Gasteiger partial charge in [-0.25, -0.2) is 0 Å². The Kier molecular flexibility index (Phi) is 8.47. The van der Waals surface area contributed by atoms with E-state index in [2.05, 4.69) is 29.6 Å². The zero-order valence-electron chi connectivity index (χ0n) is 18.7. The van der Waals surface area contributed by atoms with Crippen molar-refractivity contribution in [1.82, 2.24) is 5.32 Å². The molecule has 1 fully saturated rings. The molecule has 0 aromatic heterocycles. The number of carbonyl (C=O) groups is 2. The minimum absolute atomic E-state index is 0.0434. The summed E-state index contributed by atoms with van der Waals surface area (Å²) in [6, 6.07) is 15.7. The Hall–Kier alpha value is -2.86. The van der Waals surface area contributed by atoms with E-state index in [0.717, 1.165) is 50.1 Å². The number of rotatable bonds is 10. The molecule has 1 aliphatic rings. The monoisotopic (exact) mass is 423 g/mol. The molecule has 0 spiro atoms. The second kappa shape index (κ2) is 11.5. The van der Waals surface area contributed by atoms with Crippen molar-refractivity contribution in [2.45, 2.75) is 32.1 Å². The van der Waals surface area contributed by atoms with E-state index in [1.165, 1.54) is 4.90 Å². The number of nitrogens with one attached hydrogen (secondary N) is 3. The normalized spacial score (nSPS) is 13.5. The van der Waals surface area contributed by atoms with E-state index in [-0.39, 0.29) is 11.8 Å². The highest BCUT2D eigenvalue weighted by atomic mass is 16.2. The number of aryl methyl sites for hydroxylation is 1. The number of nitrogens with zero attached hydrogens (tertiary/aromatic N) is 1. The highest BCUT2D eigenvalue weighted by molar-refractivity contribution is 6.02. The van der Waals surface area contributed by atoms with Crippen molar-refractivity contribution in [2.24, 2.45) is 0 Å². The van der Waals surface area contributed by atoms with Crippen LogP contribution in [-0.4, -0.2) is 52.1 Å². The number of hydrogen-bond donors (Lipinski definition) is 3. The van der Waals surface area contributed by atoms with E-state index in [9.17, 15) is 9.59 Å². The second-order valence-corrected chi connectivity index (χ2v) is 8.53. The van der Waals surface area contributed by atoms with Crippen LogP contribution in [-0.2, 0) is 11.2 Å². The lowest BCUT2D eigenvalue weighted by molar-refractivity contribution is -0.858. The molecule has 1 saturated heterocycles. The highest BCUT2D eigenvalue weighted by Gasteiger charge is 2.20. The largest absolute Gasteiger partial charge is 0.371 e. The van der Waals surface area contributed by atoms with Gasteiger partial charge in [0.1, 0.15) is 0 Å². The fourth-order valence-corrected chi connectivity index (χ4v) is 3.89. The van der Waals surface area contributed by atoms with E-state index in [0.29, 0.717) is 30.6 Å². The van der Waals surface area contributed by atoms with Gasteiger partial charge in [-0.2, -0.15) is 0 Å². The third-order valence-electron chi connectivity index (χ3n) is 5.59. The number of hydrogen-bond acceptors (Lipinski definition) is 3. The topological polar surface area (TPSA) is 65.9 Å². The summed E-state index contributed by atoms with van der Waals surface area (Å²) in [4.78, 5) is 29.0. The summed E-state index contributed by atoms with van der Waals surface area (Å²) in [6.45, 7) is 3.59. The lowest BCUT2D eigenvalue weighted by Crippen LogP contribution is -3.05. The predicted octanol–water partition coefficient (Wildman–Crippen LogP) is 2.12. The van der Waals surface area contributed by atoms with Gasteiger partial charge in [0, 0.05) is 43.9 Å². The van der Waals surface area contributed by atoms with Gasteiger partial charge >= 0.3 is 0 Å². The summed E-state index contributed by atoms with van der Waals surface area (Å²) in [7, 11) is 4.22. The van der Waals surface area contributed by atoms with Crippen LogP contribution in [0.2, 0.25) is 0 Å². The first-order valence-electron chi connectivity index (χ1n) is 11.3. The molecule has 1 heterocycles. The average molecular weight is 424 g/mol. The molecule has 0 saturated carbocycles. The number of quaternary nitrogens is 1. The van der Waals surface area contributed by atoms with Crippen LogP contribution in [0.3, 0.4) is 0 Å². The van der Waals surface area contributed by atoms with Crippen LogP contribution >= 0.6 is 0 Å². The second-order valence-electron chi connectivity index (χ2n) is 8.53. The molecular formula is C25H35N4O2+. The molecule has 0 atom stereocenters. The summed E-state index contributed by atoms with van der Waals surface area (Å²) >= 11 is 0. The van der Waals surface area contributed by atoms with Crippen LogP contribution in [0.5, 0.6) is 0 Å². The molecular weight excluding hydrogens is 388 g/mol. The number of benzene rings is 2. The summed E-state index contributed by atoms with van der Waals surface area (Å²) in [5.41, 5.74) is 3.40. The molecule has 1 aliphatic heterocycles. The molecule has 0 radical (unpaired) electrons. The lowest BCUT2D eigenvalue weighted by atomic mass is 10.1. The Morgan fingerprint density at radius 3 is 2.48 bits per heavy atom. The standard InChI is InChI=1S/C25H34N4O2/c1-28(2)16-8-15-26-25(31)22-19-21(12-13-23(22)29-17-6-7-18-29)27-24(30)14-11-20-9-4-3-5-10-20/h3-5,9-10,12-13,19H,6-8,11,14-18H2,1-2H3,(H,26,31)(H,27,30)/p+1. The van der Waals surface area contributed by atoms with Gasteiger partial charge < -0.3 is 20.4 Å². The molecule has 166 valence electrons. The Labute approximate surface area is 185 Å². The van der Waals surface area contributed by atoms with Crippen molar-refractivity contribution in [3.05, 3.63) is 59.7 Å². The van der Waals surface area contributed by atoms with Crippen LogP contribution in [0, 0.1) is 0 Å². The van der Waals surface area contributed by atoms with Crippen LogP contribution in [0.15, 0.2) is 48.5 Å². The van der Waals surface area contributed by atoms with Gasteiger partial charge in [0.05, 0.1) is 26.2 Å². The molecule has 2 aromatic carbocycles.